The molecule has 94 valence electrons. The summed E-state index contributed by atoms with van der Waals surface area (Å²) in [5.41, 5.74) is 1.99. The molecule has 0 aromatic heterocycles. The van der Waals surface area contributed by atoms with E-state index in [1.165, 1.54) is 0 Å². The van der Waals surface area contributed by atoms with Gasteiger partial charge in [-0.2, -0.15) is 0 Å². The molecule has 0 heterocycles. The van der Waals surface area contributed by atoms with Crippen LogP contribution in [-0.4, -0.2) is 18.6 Å². The summed E-state index contributed by atoms with van der Waals surface area (Å²) in [4.78, 5) is 0.408. The third-order valence-corrected chi connectivity index (χ3v) is 4.85. The lowest BCUT2D eigenvalue weighted by Gasteiger charge is -2.05. The molecule has 4 heteroatoms. The second-order valence-corrected chi connectivity index (χ2v) is 7.17. The second kappa shape index (κ2) is 6.54. The van der Waals surface area contributed by atoms with Gasteiger partial charge in [0, 0.05) is 4.43 Å². The molecule has 0 N–H and O–H groups in total. The maximum atomic E-state index is 12.1. The summed E-state index contributed by atoms with van der Waals surface area (Å²) >= 11 is 2.28. The van der Waals surface area contributed by atoms with Crippen LogP contribution in [0.25, 0.3) is 0 Å². The van der Waals surface area contributed by atoms with Gasteiger partial charge in [0.25, 0.3) is 0 Å². The Balaban J connectivity index is 2.86. The normalized spacial score (nSPS) is 12.8. The first-order valence-corrected chi connectivity index (χ1v) is 8.64. The van der Waals surface area contributed by atoms with E-state index >= 15 is 0 Å². The summed E-state index contributed by atoms with van der Waals surface area (Å²) in [5, 5.41) is 0. The minimum absolute atomic E-state index is 0.118. The summed E-state index contributed by atoms with van der Waals surface area (Å²) in [6.07, 6.45) is 2.92. The average Bonchev–Trinajstić information content (AvgIpc) is 2.26. The van der Waals surface area contributed by atoms with Crippen molar-refractivity contribution in [1.29, 1.82) is 0 Å². The molecule has 0 aliphatic heterocycles. The SMILES string of the molecule is C/C(=C\CCI)CS(=O)(=O)c1ccc(C)cc1. The molecule has 0 fully saturated rings. The molecule has 0 saturated carbocycles. The lowest BCUT2D eigenvalue weighted by molar-refractivity contribution is 0.598. The fourth-order valence-corrected chi connectivity index (χ4v) is 3.23. The Hall–Kier alpha value is -0.360. The minimum Gasteiger partial charge on any atom is -0.223 e. The Morgan fingerprint density at radius 1 is 1.29 bits per heavy atom. The second-order valence-electron chi connectivity index (χ2n) is 4.10. The molecule has 0 amide bonds. The predicted octanol–water partition coefficient (Wildman–Crippen LogP) is 3.54. The van der Waals surface area contributed by atoms with E-state index in [2.05, 4.69) is 22.6 Å². The van der Waals surface area contributed by atoms with Crippen LogP contribution < -0.4 is 0 Å². The zero-order valence-electron chi connectivity index (χ0n) is 10.1. The van der Waals surface area contributed by atoms with Gasteiger partial charge in [-0.15, -0.1) is 0 Å². The molecule has 0 aliphatic carbocycles. The number of rotatable bonds is 5. The highest BCUT2D eigenvalue weighted by molar-refractivity contribution is 14.1. The van der Waals surface area contributed by atoms with E-state index in [0.717, 1.165) is 22.0 Å². The number of alkyl halides is 1. The van der Waals surface area contributed by atoms with Gasteiger partial charge in [-0.3, -0.25) is 0 Å². The van der Waals surface area contributed by atoms with Crippen molar-refractivity contribution in [3.63, 3.8) is 0 Å². The Bertz CT molecular complexity index is 487. The van der Waals surface area contributed by atoms with Crippen LogP contribution in [0.2, 0.25) is 0 Å². The van der Waals surface area contributed by atoms with Crippen molar-refractivity contribution in [1.82, 2.24) is 0 Å². The molecule has 0 unspecified atom stereocenters. The largest absolute Gasteiger partial charge is 0.223 e. The van der Waals surface area contributed by atoms with E-state index in [-0.39, 0.29) is 5.75 Å². The van der Waals surface area contributed by atoms with Crippen LogP contribution in [0.15, 0.2) is 40.8 Å². The van der Waals surface area contributed by atoms with Gasteiger partial charge in [-0.25, -0.2) is 8.42 Å². The molecule has 0 atom stereocenters. The molecule has 1 aromatic carbocycles. The summed E-state index contributed by atoms with van der Waals surface area (Å²) in [6, 6.07) is 7.01. The van der Waals surface area contributed by atoms with Gasteiger partial charge in [0.1, 0.15) is 0 Å². The van der Waals surface area contributed by atoms with Crippen molar-refractivity contribution in [2.45, 2.75) is 25.2 Å². The van der Waals surface area contributed by atoms with Crippen molar-refractivity contribution in [2.75, 3.05) is 10.2 Å². The Morgan fingerprint density at radius 2 is 1.88 bits per heavy atom. The zero-order chi connectivity index (χ0) is 12.9. The molecule has 17 heavy (non-hydrogen) atoms. The van der Waals surface area contributed by atoms with Crippen LogP contribution in [0, 0.1) is 6.92 Å². The number of aryl methyl sites for hydroxylation is 1. The van der Waals surface area contributed by atoms with E-state index in [0.29, 0.717) is 4.90 Å². The highest BCUT2D eigenvalue weighted by atomic mass is 127. The van der Waals surface area contributed by atoms with E-state index < -0.39 is 9.84 Å². The van der Waals surface area contributed by atoms with E-state index in [1.807, 2.05) is 32.1 Å². The van der Waals surface area contributed by atoms with E-state index in [1.54, 1.807) is 12.1 Å². The van der Waals surface area contributed by atoms with E-state index in [4.69, 9.17) is 0 Å². The first kappa shape index (κ1) is 14.7. The molecule has 0 radical (unpaired) electrons. The smallest absolute Gasteiger partial charge is 0.182 e. The molecular weight excluding hydrogens is 347 g/mol. The lowest BCUT2D eigenvalue weighted by Crippen LogP contribution is -2.07. The van der Waals surface area contributed by atoms with Crippen molar-refractivity contribution in [3.8, 4) is 0 Å². The quantitative estimate of drug-likeness (QED) is 0.455. The summed E-state index contributed by atoms with van der Waals surface area (Å²) in [7, 11) is -3.18. The van der Waals surface area contributed by atoms with Crippen LogP contribution in [0.1, 0.15) is 18.9 Å². The standard InChI is InChI=1S/C13H17IO2S/c1-11-5-7-13(8-6-11)17(15,16)10-12(2)4-3-9-14/h4-8H,3,9-10H2,1-2H3/b12-4+. The van der Waals surface area contributed by atoms with Crippen molar-refractivity contribution < 1.29 is 8.42 Å². The maximum Gasteiger partial charge on any atom is 0.182 e. The molecule has 0 spiro atoms. The van der Waals surface area contributed by atoms with Gasteiger partial charge >= 0.3 is 0 Å². The third-order valence-electron chi connectivity index (χ3n) is 2.40. The first-order chi connectivity index (χ1) is 7.95. The zero-order valence-corrected chi connectivity index (χ0v) is 13.1. The number of halogens is 1. The minimum atomic E-state index is -3.18. The van der Waals surface area contributed by atoms with Crippen LogP contribution >= 0.6 is 22.6 Å². The fourth-order valence-electron chi connectivity index (χ4n) is 1.49. The Morgan fingerprint density at radius 3 is 2.41 bits per heavy atom. The number of hydrogen-bond acceptors (Lipinski definition) is 2. The third kappa shape index (κ3) is 4.79. The number of sulfone groups is 1. The highest BCUT2D eigenvalue weighted by Gasteiger charge is 2.14. The molecule has 0 aliphatic rings. The van der Waals surface area contributed by atoms with Crippen molar-refractivity contribution >= 4 is 32.4 Å². The molecule has 0 saturated heterocycles. The van der Waals surface area contributed by atoms with Gasteiger partial charge in [0.2, 0.25) is 0 Å². The van der Waals surface area contributed by atoms with Gasteiger partial charge in [-0.1, -0.05) is 51.9 Å². The van der Waals surface area contributed by atoms with Crippen LogP contribution in [0.3, 0.4) is 0 Å². The first-order valence-electron chi connectivity index (χ1n) is 5.47. The average molecular weight is 364 g/mol. The van der Waals surface area contributed by atoms with Gasteiger partial charge in [0.15, 0.2) is 9.84 Å². The van der Waals surface area contributed by atoms with Gasteiger partial charge in [0.05, 0.1) is 10.6 Å². The van der Waals surface area contributed by atoms with Crippen molar-refractivity contribution in [2.24, 2.45) is 0 Å². The van der Waals surface area contributed by atoms with Crippen LogP contribution in [0.5, 0.6) is 0 Å². The molecule has 1 aromatic rings. The summed E-state index contributed by atoms with van der Waals surface area (Å²) in [5.74, 6) is 0.118. The fraction of sp³-hybridized carbons (Fsp3) is 0.385. The summed E-state index contributed by atoms with van der Waals surface area (Å²) in [6.45, 7) is 3.82. The monoisotopic (exact) mass is 364 g/mol. The number of benzene rings is 1. The molecular formula is C13H17IO2S. The maximum absolute atomic E-state index is 12.1. The highest BCUT2D eigenvalue weighted by Crippen LogP contribution is 2.15. The Kier molecular flexibility index (Phi) is 5.66. The topological polar surface area (TPSA) is 34.1 Å². The Labute approximate surface area is 117 Å². The lowest BCUT2D eigenvalue weighted by atomic mass is 10.2. The van der Waals surface area contributed by atoms with Gasteiger partial charge < -0.3 is 0 Å². The number of hydrogen-bond donors (Lipinski definition) is 0. The van der Waals surface area contributed by atoms with Gasteiger partial charge in [-0.05, 0) is 32.4 Å². The van der Waals surface area contributed by atoms with Crippen LogP contribution in [-0.2, 0) is 9.84 Å². The molecule has 0 bridgehead atoms. The van der Waals surface area contributed by atoms with Crippen LogP contribution in [0.4, 0.5) is 0 Å². The number of allylic oxidation sites excluding steroid dienone is 1. The molecule has 1 rings (SSSR count). The molecule has 2 nitrogen and oxygen atoms in total. The van der Waals surface area contributed by atoms with E-state index in [9.17, 15) is 8.42 Å². The predicted molar refractivity (Wildman–Crippen MR) is 80.5 cm³/mol. The summed E-state index contributed by atoms with van der Waals surface area (Å²) < 4.78 is 25.2. The van der Waals surface area contributed by atoms with Crippen molar-refractivity contribution in [3.05, 3.63) is 41.5 Å².